The maximum absolute atomic E-state index is 12.6. The van der Waals surface area contributed by atoms with E-state index in [9.17, 15) is 13.2 Å². The van der Waals surface area contributed by atoms with Crippen LogP contribution >= 0.6 is 0 Å². The van der Waals surface area contributed by atoms with Crippen molar-refractivity contribution < 1.29 is 13.2 Å². The van der Waals surface area contributed by atoms with Crippen molar-refractivity contribution in [3.8, 4) is 11.1 Å². The highest BCUT2D eigenvalue weighted by atomic mass is 32.2. The van der Waals surface area contributed by atoms with E-state index in [1.807, 2.05) is 55.5 Å². The maximum Gasteiger partial charge on any atom is 0.235 e. The average Bonchev–Trinajstić information content (AvgIpc) is 3.10. The summed E-state index contributed by atoms with van der Waals surface area (Å²) in [6.45, 7) is 2.37. The van der Waals surface area contributed by atoms with Gasteiger partial charge in [0.1, 0.15) is 0 Å². The first-order valence-corrected chi connectivity index (χ1v) is 11.6. The number of rotatable bonds is 5. The van der Waals surface area contributed by atoms with Gasteiger partial charge in [-0.15, -0.1) is 0 Å². The number of hydrogen-bond donors (Lipinski definition) is 1. The van der Waals surface area contributed by atoms with E-state index in [2.05, 4.69) is 17.4 Å². The molecule has 1 fully saturated rings. The van der Waals surface area contributed by atoms with Gasteiger partial charge in [0.25, 0.3) is 0 Å². The van der Waals surface area contributed by atoms with Crippen molar-refractivity contribution in [1.82, 2.24) is 0 Å². The van der Waals surface area contributed by atoms with Crippen LogP contribution in [0.5, 0.6) is 0 Å². The molecule has 0 aliphatic carbocycles. The molecule has 4 rings (SSSR count). The van der Waals surface area contributed by atoms with Crippen LogP contribution in [0.25, 0.3) is 11.1 Å². The third-order valence-electron chi connectivity index (χ3n) is 5.31. The smallest absolute Gasteiger partial charge is 0.235 e. The largest absolute Gasteiger partial charge is 0.325 e. The monoisotopic (exact) mass is 420 g/mol. The fourth-order valence-electron chi connectivity index (χ4n) is 3.65. The molecule has 0 spiro atoms. The molecule has 0 radical (unpaired) electrons. The van der Waals surface area contributed by atoms with Crippen LogP contribution in [0.2, 0.25) is 0 Å². The zero-order valence-electron chi connectivity index (χ0n) is 16.8. The Morgan fingerprint density at radius 1 is 0.967 bits per heavy atom. The van der Waals surface area contributed by atoms with E-state index in [1.165, 1.54) is 4.31 Å². The number of hydrogen-bond acceptors (Lipinski definition) is 3. The van der Waals surface area contributed by atoms with Crippen molar-refractivity contribution in [3.63, 3.8) is 0 Å². The summed E-state index contributed by atoms with van der Waals surface area (Å²) in [4.78, 5) is 12.6. The number of nitrogens with one attached hydrogen (secondary N) is 1. The number of sulfonamides is 1. The molecule has 30 heavy (non-hydrogen) atoms. The number of anilines is 2. The van der Waals surface area contributed by atoms with Crippen molar-refractivity contribution in [3.05, 3.63) is 83.9 Å². The summed E-state index contributed by atoms with van der Waals surface area (Å²) >= 11 is 0. The molecule has 0 aromatic heterocycles. The van der Waals surface area contributed by atoms with E-state index < -0.39 is 10.0 Å². The lowest BCUT2D eigenvalue weighted by molar-refractivity contribution is -0.115. The Kier molecular flexibility index (Phi) is 5.59. The average molecular weight is 421 g/mol. The summed E-state index contributed by atoms with van der Waals surface area (Å²) in [6, 6.07) is 23.4. The second-order valence-electron chi connectivity index (χ2n) is 7.53. The number of benzene rings is 3. The molecular formula is C24H24N2O3S. The summed E-state index contributed by atoms with van der Waals surface area (Å²) in [5.41, 5.74) is 5.29. The van der Waals surface area contributed by atoms with Gasteiger partial charge in [0.15, 0.2) is 0 Å². The van der Waals surface area contributed by atoms with Gasteiger partial charge in [0.05, 0.1) is 17.9 Å². The van der Waals surface area contributed by atoms with Crippen molar-refractivity contribution in [2.45, 2.75) is 19.8 Å². The van der Waals surface area contributed by atoms with Gasteiger partial charge in [-0.2, -0.15) is 0 Å². The quantitative estimate of drug-likeness (QED) is 0.666. The fourth-order valence-corrected chi connectivity index (χ4v) is 5.21. The van der Waals surface area contributed by atoms with E-state index in [-0.39, 0.29) is 18.1 Å². The molecule has 1 N–H and O–H groups in total. The first-order valence-electron chi connectivity index (χ1n) is 9.98. The number of amides is 1. The van der Waals surface area contributed by atoms with E-state index in [1.54, 1.807) is 12.1 Å². The topological polar surface area (TPSA) is 66.5 Å². The number of carbonyl (C=O) groups excluding carboxylic acids is 1. The molecule has 1 heterocycles. The van der Waals surface area contributed by atoms with E-state index in [0.29, 0.717) is 24.3 Å². The van der Waals surface area contributed by atoms with Gasteiger partial charge in [0, 0.05) is 12.2 Å². The predicted molar refractivity (Wildman–Crippen MR) is 121 cm³/mol. The SMILES string of the molecule is Cc1ccc(N2CCCS2(=O)=O)cc1NC(=O)Cc1ccc(-c2ccccc2)cc1. The molecule has 1 saturated heterocycles. The van der Waals surface area contributed by atoms with Crippen LogP contribution in [0.3, 0.4) is 0 Å². The second kappa shape index (κ2) is 8.32. The second-order valence-corrected chi connectivity index (χ2v) is 9.54. The van der Waals surface area contributed by atoms with Crippen LogP contribution in [0.1, 0.15) is 17.5 Å². The molecule has 154 valence electrons. The third-order valence-corrected chi connectivity index (χ3v) is 7.18. The van der Waals surface area contributed by atoms with Gasteiger partial charge >= 0.3 is 0 Å². The summed E-state index contributed by atoms with van der Waals surface area (Å²) in [5, 5.41) is 2.94. The van der Waals surface area contributed by atoms with Crippen LogP contribution in [-0.2, 0) is 21.2 Å². The molecule has 0 unspecified atom stereocenters. The zero-order valence-corrected chi connectivity index (χ0v) is 17.7. The normalized spacial score (nSPS) is 15.2. The van der Waals surface area contributed by atoms with Gasteiger partial charge in [-0.3, -0.25) is 9.10 Å². The third kappa shape index (κ3) is 4.39. The Labute approximate surface area is 177 Å². The maximum atomic E-state index is 12.6. The van der Waals surface area contributed by atoms with Crippen LogP contribution in [-0.4, -0.2) is 26.6 Å². The highest BCUT2D eigenvalue weighted by Gasteiger charge is 2.28. The highest BCUT2D eigenvalue weighted by Crippen LogP contribution is 2.28. The van der Waals surface area contributed by atoms with Crippen LogP contribution < -0.4 is 9.62 Å². The molecular weight excluding hydrogens is 396 g/mol. The van der Waals surface area contributed by atoms with Gasteiger partial charge in [-0.05, 0) is 47.7 Å². The van der Waals surface area contributed by atoms with Gasteiger partial charge in [-0.25, -0.2) is 8.42 Å². The van der Waals surface area contributed by atoms with Crippen LogP contribution in [0, 0.1) is 6.92 Å². The molecule has 3 aromatic carbocycles. The lowest BCUT2D eigenvalue weighted by Gasteiger charge is -2.19. The number of aryl methyl sites for hydroxylation is 1. The Balaban J connectivity index is 1.46. The molecule has 0 bridgehead atoms. The fraction of sp³-hybridized carbons (Fsp3) is 0.208. The summed E-state index contributed by atoms with van der Waals surface area (Å²) < 4.78 is 25.8. The van der Waals surface area contributed by atoms with E-state index in [4.69, 9.17) is 0 Å². The van der Waals surface area contributed by atoms with Gasteiger partial charge < -0.3 is 5.32 Å². The standard InChI is InChI=1S/C24H24N2O3S/c1-18-8-13-22(26-14-5-15-30(26,28)29)17-23(18)25-24(27)16-19-9-11-21(12-10-19)20-6-3-2-4-7-20/h2-4,6-13,17H,5,14-16H2,1H3,(H,25,27). The molecule has 5 nitrogen and oxygen atoms in total. The van der Waals surface area contributed by atoms with Crippen LogP contribution in [0.15, 0.2) is 72.8 Å². The Morgan fingerprint density at radius 2 is 1.67 bits per heavy atom. The number of carbonyl (C=O) groups is 1. The molecule has 6 heteroatoms. The first-order chi connectivity index (χ1) is 14.4. The van der Waals surface area contributed by atoms with Crippen molar-refractivity contribution >= 4 is 27.3 Å². The van der Waals surface area contributed by atoms with E-state index >= 15 is 0 Å². The van der Waals surface area contributed by atoms with Crippen molar-refractivity contribution in [2.75, 3.05) is 21.9 Å². The minimum atomic E-state index is -3.25. The summed E-state index contributed by atoms with van der Waals surface area (Å²) in [6.07, 6.45) is 0.873. The first kappa shape index (κ1) is 20.2. The van der Waals surface area contributed by atoms with Crippen molar-refractivity contribution in [2.24, 2.45) is 0 Å². The van der Waals surface area contributed by atoms with Gasteiger partial charge in [-0.1, -0.05) is 60.7 Å². The summed E-state index contributed by atoms with van der Waals surface area (Å²) in [7, 11) is -3.25. The molecule has 1 aliphatic rings. The lowest BCUT2D eigenvalue weighted by Crippen LogP contribution is -2.25. The molecule has 0 atom stereocenters. The van der Waals surface area contributed by atoms with Crippen molar-refractivity contribution in [1.29, 1.82) is 0 Å². The predicted octanol–water partition coefficient (Wildman–Crippen LogP) is 4.38. The Bertz CT molecular complexity index is 1160. The lowest BCUT2D eigenvalue weighted by atomic mass is 10.0. The molecule has 1 aliphatic heterocycles. The highest BCUT2D eigenvalue weighted by molar-refractivity contribution is 7.93. The minimum absolute atomic E-state index is 0.132. The molecule has 0 saturated carbocycles. The molecule has 3 aromatic rings. The van der Waals surface area contributed by atoms with E-state index in [0.717, 1.165) is 22.3 Å². The van der Waals surface area contributed by atoms with Gasteiger partial charge in [0.2, 0.25) is 15.9 Å². The Morgan fingerprint density at radius 3 is 2.33 bits per heavy atom. The van der Waals surface area contributed by atoms with Crippen LogP contribution in [0.4, 0.5) is 11.4 Å². The number of nitrogens with zero attached hydrogens (tertiary/aromatic N) is 1. The zero-order chi connectivity index (χ0) is 21.1. The Hall–Kier alpha value is -3.12. The molecule has 1 amide bonds. The summed E-state index contributed by atoms with van der Waals surface area (Å²) in [5.74, 6) is 0.0358. The minimum Gasteiger partial charge on any atom is -0.325 e.